The summed E-state index contributed by atoms with van der Waals surface area (Å²) in [7, 11) is 0. The third-order valence-corrected chi connectivity index (χ3v) is 5.61. The molecule has 184 valence electrons. The lowest BCUT2D eigenvalue weighted by Crippen LogP contribution is -2.45. The normalized spacial score (nSPS) is 13.0. The Kier molecular flexibility index (Phi) is 7.65. The number of pyridine rings is 1. The van der Waals surface area contributed by atoms with Crippen molar-refractivity contribution in [2.75, 3.05) is 23.7 Å². The Morgan fingerprint density at radius 2 is 1.97 bits per heavy atom. The zero-order valence-electron chi connectivity index (χ0n) is 19.8. The van der Waals surface area contributed by atoms with Crippen molar-refractivity contribution in [3.8, 4) is 0 Å². The molecule has 9 nitrogen and oxygen atoms in total. The molecule has 1 atom stereocenters. The van der Waals surface area contributed by atoms with Gasteiger partial charge in [0.05, 0.1) is 29.6 Å². The molecule has 34 heavy (non-hydrogen) atoms. The summed E-state index contributed by atoms with van der Waals surface area (Å²) in [5.74, 6) is 0.296. The molecule has 0 aliphatic rings. The van der Waals surface area contributed by atoms with Gasteiger partial charge in [0.25, 0.3) is 5.91 Å². The summed E-state index contributed by atoms with van der Waals surface area (Å²) in [4.78, 5) is 21.5. The molecule has 3 rings (SSSR count). The van der Waals surface area contributed by atoms with Crippen molar-refractivity contribution in [2.24, 2.45) is 0 Å². The second kappa shape index (κ2) is 10.3. The van der Waals surface area contributed by atoms with Gasteiger partial charge in [0.1, 0.15) is 23.5 Å². The average molecular weight is 476 g/mol. The van der Waals surface area contributed by atoms with E-state index in [1.54, 1.807) is 49.0 Å². The number of carbonyl (C=O) groups is 1. The molecular weight excluding hydrogens is 444 g/mol. The quantitative estimate of drug-likeness (QED) is 0.335. The predicted octanol–water partition coefficient (Wildman–Crippen LogP) is 3.65. The average Bonchev–Trinajstić information content (AvgIpc) is 3.28. The van der Waals surface area contributed by atoms with Crippen LogP contribution >= 0.6 is 0 Å². The number of anilines is 3. The molecule has 0 saturated heterocycles. The maximum atomic E-state index is 14.6. The highest BCUT2D eigenvalue weighted by Crippen LogP contribution is 2.24. The number of aromatic nitrogens is 4. The van der Waals surface area contributed by atoms with E-state index in [-0.39, 0.29) is 31.5 Å². The van der Waals surface area contributed by atoms with E-state index >= 15 is 0 Å². The molecular formula is C23H31F2N7O2. The molecule has 0 unspecified atom stereocenters. The van der Waals surface area contributed by atoms with Gasteiger partial charge in [0.15, 0.2) is 5.65 Å². The van der Waals surface area contributed by atoms with Crippen LogP contribution in [0, 0.1) is 0 Å². The minimum absolute atomic E-state index is 0.0616. The summed E-state index contributed by atoms with van der Waals surface area (Å²) in [5.41, 5.74) is -1.97. The van der Waals surface area contributed by atoms with Gasteiger partial charge < -0.3 is 21.1 Å². The molecule has 0 saturated carbocycles. The minimum atomic E-state index is -1.63. The van der Waals surface area contributed by atoms with E-state index in [1.807, 2.05) is 0 Å². The standard InChI is InChI=1S/C23H31F2N7O2/c1-5-23(34,6-2)17(24)13-27-21(33)15-12-26-19(11-16(15)28-14-22(3,4)25)30-18-8-10-32-20(31-18)7-9-29-32/h7-12,17,34H,5-6,13-14H2,1-4H3,(H,27,33)(H2,26,28,30,31)/t17-/m1/s1. The number of aliphatic hydroxyl groups is 1. The summed E-state index contributed by atoms with van der Waals surface area (Å²) in [6, 6.07) is 5.02. The molecule has 4 N–H and O–H groups in total. The van der Waals surface area contributed by atoms with Crippen LogP contribution in [0.2, 0.25) is 0 Å². The van der Waals surface area contributed by atoms with E-state index in [2.05, 4.69) is 31.0 Å². The summed E-state index contributed by atoms with van der Waals surface area (Å²) in [6.07, 6.45) is 3.49. The molecule has 11 heteroatoms. The van der Waals surface area contributed by atoms with Crippen molar-refractivity contribution in [2.45, 2.75) is 58.0 Å². The zero-order chi connectivity index (χ0) is 24.9. The number of amides is 1. The Hall–Kier alpha value is -3.34. The molecule has 0 spiro atoms. The minimum Gasteiger partial charge on any atom is -0.387 e. The molecule has 0 aromatic carbocycles. The number of nitrogens with one attached hydrogen (secondary N) is 3. The Labute approximate surface area is 197 Å². The second-order valence-electron chi connectivity index (χ2n) is 8.75. The summed E-state index contributed by atoms with van der Waals surface area (Å²) in [6.45, 7) is 5.78. The molecule has 0 fully saturated rings. The number of hydrogen-bond donors (Lipinski definition) is 4. The number of rotatable bonds is 11. The van der Waals surface area contributed by atoms with Gasteiger partial charge in [-0.2, -0.15) is 5.10 Å². The van der Waals surface area contributed by atoms with E-state index < -0.39 is 23.3 Å². The lowest BCUT2D eigenvalue weighted by atomic mass is 9.91. The number of halogens is 2. The second-order valence-corrected chi connectivity index (χ2v) is 8.75. The topological polar surface area (TPSA) is 116 Å². The van der Waals surface area contributed by atoms with Gasteiger partial charge >= 0.3 is 0 Å². The maximum Gasteiger partial charge on any atom is 0.255 e. The van der Waals surface area contributed by atoms with Crippen LogP contribution in [0.5, 0.6) is 0 Å². The number of carbonyl (C=O) groups excluding carboxylic acids is 1. The molecule has 0 aliphatic heterocycles. The first-order valence-corrected chi connectivity index (χ1v) is 11.2. The number of fused-ring (bicyclic) bond motifs is 1. The Morgan fingerprint density at radius 3 is 2.65 bits per heavy atom. The molecule has 0 bridgehead atoms. The van der Waals surface area contributed by atoms with Crippen LogP contribution in [-0.4, -0.2) is 61.1 Å². The first-order chi connectivity index (χ1) is 16.0. The summed E-state index contributed by atoms with van der Waals surface area (Å²) >= 11 is 0. The van der Waals surface area contributed by atoms with E-state index in [9.17, 15) is 18.7 Å². The fraction of sp³-hybridized carbons (Fsp3) is 0.478. The smallest absolute Gasteiger partial charge is 0.255 e. The van der Waals surface area contributed by atoms with Gasteiger partial charge in [0.2, 0.25) is 0 Å². The highest BCUT2D eigenvalue weighted by molar-refractivity contribution is 5.99. The van der Waals surface area contributed by atoms with Crippen molar-refractivity contribution in [1.29, 1.82) is 0 Å². The van der Waals surface area contributed by atoms with Crippen LogP contribution < -0.4 is 16.0 Å². The van der Waals surface area contributed by atoms with Gasteiger partial charge in [-0.1, -0.05) is 13.8 Å². The fourth-order valence-electron chi connectivity index (χ4n) is 3.33. The molecule has 0 radical (unpaired) electrons. The van der Waals surface area contributed by atoms with Crippen LogP contribution in [0.25, 0.3) is 5.65 Å². The van der Waals surface area contributed by atoms with Gasteiger partial charge in [-0.3, -0.25) is 4.79 Å². The number of hydrogen-bond acceptors (Lipinski definition) is 7. The molecule has 0 aliphatic carbocycles. The van der Waals surface area contributed by atoms with Crippen molar-refractivity contribution in [3.05, 3.63) is 42.4 Å². The monoisotopic (exact) mass is 475 g/mol. The fourth-order valence-corrected chi connectivity index (χ4v) is 3.33. The van der Waals surface area contributed by atoms with Crippen LogP contribution in [0.4, 0.5) is 26.1 Å². The van der Waals surface area contributed by atoms with Crippen LogP contribution in [0.1, 0.15) is 50.9 Å². The van der Waals surface area contributed by atoms with Crippen LogP contribution in [0.3, 0.4) is 0 Å². The van der Waals surface area contributed by atoms with Crippen molar-refractivity contribution < 1.29 is 18.7 Å². The zero-order valence-corrected chi connectivity index (χ0v) is 19.8. The van der Waals surface area contributed by atoms with Crippen molar-refractivity contribution >= 4 is 28.9 Å². The molecule has 3 aromatic rings. The predicted molar refractivity (Wildman–Crippen MR) is 127 cm³/mol. The highest BCUT2D eigenvalue weighted by atomic mass is 19.1. The third kappa shape index (κ3) is 6.16. The third-order valence-electron chi connectivity index (χ3n) is 5.61. The van der Waals surface area contributed by atoms with E-state index in [0.29, 0.717) is 23.0 Å². The molecule has 3 aromatic heterocycles. The van der Waals surface area contributed by atoms with E-state index in [4.69, 9.17) is 0 Å². The van der Waals surface area contributed by atoms with Crippen molar-refractivity contribution in [1.82, 2.24) is 24.9 Å². The maximum absolute atomic E-state index is 14.6. The highest BCUT2D eigenvalue weighted by Gasteiger charge is 2.34. The van der Waals surface area contributed by atoms with Gasteiger partial charge in [-0.15, -0.1) is 0 Å². The number of nitrogens with zero attached hydrogens (tertiary/aromatic N) is 4. The summed E-state index contributed by atoms with van der Waals surface area (Å²) in [5, 5.41) is 22.9. The van der Waals surface area contributed by atoms with E-state index in [1.165, 1.54) is 20.0 Å². The summed E-state index contributed by atoms with van der Waals surface area (Å²) < 4.78 is 30.3. The lowest BCUT2D eigenvalue weighted by Gasteiger charge is -2.29. The Balaban J connectivity index is 1.80. The molecule has 3 heterocycles. The molecule has 1 amide bonds. The van der Waals surface area contributed by atoms with Crippen LogP contribution in [0.15, 0.2) is 36.8 Å². The van der Waals surface area contributed by atoms with Gasteiger partial charge in [-0.05, 0) is 32.8 Å². The Morgan fingerprint density at radius 1 is 1.24 bits per heavy atom. The largest absolute Gasteiger partial charge is 0.387 e. The lowest BCUT2D eigenvalue weighted by molar-refractivity contribution is -0.0399. The Bertz CT molecular complexity index is 1130. The number of alkyl halides is 2. The van der Waals surface area contributed by atoms with E-state index in [0.717, 1.165) is 0 Å². The van der Waals surface area contributed by atoms with Crippen molar-refractivity contribution in [3.63, 3.8) is 0 Å². The first-order valence-electron chi connectivity index (χ1n) is 11.2. The van der Waals surface area contributed by atoms with Gasteiger partial charge in [0, 0.05) is 31.1 Å². The van der Waals surface area contributed by atoms with Crippen LogP contribution in [-0.2, 0) is 0 Å². The van der Waals surface area contributed by atoms with Gasteiger partial charge in [-0.25, -0.2) is 23.3 Å². The first kappa shape index (κ1) is 25.3. The SMILES string of the molecule is CCC(O)(CC)[C@H](F)CNC(=O)c1cnc(Nc2ccn3nccc3n2)cc1NCC(C)(C)F.